The smallest absolute Gasteiger partial charge is 0.318 e. The van der Waals surface area contributed by atoms with Gasteiger partial charge in [-0.2, -0.15) is 0 Å². The Morgan fingerprint density at radius 3 is 2.37 bits per heavy atom. The number of carbonyl (C=O) groups is 1. The summed E-state index contributed by atoms with van der Waals surface area (Å²) in [6.07, 6.45) is 7.70. The van der Waals surface area contributed by atoms with Gasteiger partial charge in [-0.3, -0.25) is 10.1 Å². The van der Waals surface area contributed by atoms with Gasteiger partial charge in [0.1, 0.15) is 5.71 Å². The number of nitrogens with zero attached hydrogens (tertiary/aromatic N) is 2. The molecule has 0 bridgehead atoms. The highest BCUT2D eigenvalue weighted by molar-refractivity contribution is 6.14. The molecule has 0 spiro atoms. The van der Waals surface area contributed by atoms with Crippen LogP contribution in [0.5, 0.6) is 0 Å². The van der Waals surface area contributed by atoms with E-state index in [0.29, 0.717) is 11.6 Å². The van der Waals surface area contributed by atoms with Crippen LogP contribution in [0.15, 0.2) is 65.8 Å². The van der Waals surface area contributed by atoms with Gasteiger partial charge in [-0.1, -0.05) is 74.2 Å². The van der Waals surface area contributed by atoms with Crippen LogP contribution in [0.3, 0.4) is 0 Å². The van der Waals surface area contributed by atoms with Crippen LogP contribution < -0.4 is 0 Å². The molecule has 0 radical (unpaired) electrons. The van der Waals surface area contributed by atoms with E-state index in [1.54, 1.807) is 6.07 Å². The van der Waals surface area contributed by atoms with Crippen LogP contribution in [0.25, 0.3) is 11.1 Å². The number of aryl methyl sites for hydroxylation is 1. The number of carbonyl (C=O) groups excluding carboxylic acids is 1. The number of nitro benzene ring substituents is 1. The Morgan fingerprint density at radius 2 is 1.71 bits per heavy atom. The molecule has 0 amide bonds. The van der Waals surface area contributed by atoms with Crippen LogP contribution in [0.1, 0.15) is 86.6 Å². The van der Waals surface area contributed by atoms with Crippen molar-refractivity contribution in [3.8, 4) is 11.1 Å². The molecule has 1 atom stereocenters. The van der Waals surface area contributed by atoms with E-state index in [1.165, 1.54) is 31.7 Å². The summed E-state index contributed by atoms with van der Waals surface area (Å²) in [6, 6.07) is 19.7. The van der Waals surface area contributed by atoms with Crippen LogP contribution in [0.2, 0.25) is 0 Å². The first-order valence-electron chi connectivity index (χ1n) is 13.6. The fourth-order valence-corrected chi connectivity index (χ4v) is 6.80. The van der Waals surface area contributed by atoms with Crippen molar-refractivity contribution in [3.63, 3.8) is 0 Å². The van der Waals surface area contributed by atoms with E-state index in [9.17, 15) is 14.9 Å². The van der Waals surface area contributed by atoms with E-state index in [4.69, 9.17) is 4.84 Å². The largest absolute Gasteiger partial charge is 0.332 e. The van der Waals surface area contributed by atoms with E-state index >= 15 is 0 Å². The molecule has 0 heterocycles. The maximum atomic E-state index is 11.8. The van der Waals surface area contributed by atoms with Gasteiger partial charge in [0.15, 0.2) is 0 Å². The van der Waals surface area contributed by atoms with Crippen molar-refractivity contribution in [1.29, 1.82) is 0 Å². The van der Waals surface area contributed by atoms with Gasteiger partial charge in [-0.05, 0) is 72.1 Å². The van der Waals surface area contributed by atoms with E-state index in [2.05, 4.69) is 24.2 Å². The van der Waals surface area contributed by atoms with Gasteiger partial charge in [-0.25, -0.2) is 4.79 Å². The Labute approximate surface area is 223 Å². The van der Waals surface area contributed by atoms with Crippen molar-refractivity contribution in [1.82, 2.24) is 0 Å². The van der Waals surface area contributed by atoms with Crippen LogP contribution in [-0.2, 0) is 15.0 Å². The molecular formula is C32H34N2O4. The molecule has 0 aromatic heterocycles. The molecule has 3 aromatic rings. The predicted molar refractivity (Wildman–Crippen MR) is 149 cm³/mol. The zero-order valence-electron chi connectivity index (χ0n) is 22.3. The minimum atomic E-state index is -0.473. The van der Waals surface area contributed by atoms with Gasteiger partial charge < -0.3 is 4.84 Å². The van der Waals surface area contributed by atoms with Gasteiger partial charge >= 0.3 is 5.97 Å². The SMILES string of the molecule is CCCC1(C2CCCCC2)c2cc(/C(=N/OC(C)=O)c3ccccc3C)ccc2-c2ccc([N+](=O)[O-])cc21. The third-order valence-corrected chi connectivity index (χ3v) is 8.37. The summed E-state index contributed by atoms with van der Waals surface area (Å²) in [5.41, 5.74) is 7.77. The first kappa shape index (κ1) is 25.8. The molecule has 2 aliphatic carbocycles. The second-order valence-electron chi connectivity index (χ2n) is 10.6. The Balaban J connectivity index is 1.76. The number of nitro groups is 1. The van der Waals surface area contributed by atoms with Crippen LogP contribution >= 0.6 is 0 Å². The zero-order valence-corrected chi connectivity index (χ0v) is 22.3. The monoisotopic (exact) mass is 510 g/mol. The number of rotatable bonds is 7. The minimum Gasteiger partial charge on any atom is -0.318 e. The second-order valence-corrected chi connectivity index (χ2v) is 10.6. The standard InChI is InChI=1S/C32H34N2O4/c1-4-18-32(24-11-6-5-7-12-24)29-19-23(31(33-38-22(3)35)26-13-9-8-10-21(26)2)14-16-27(29)28-17-15-25(34(36)37)20-30(28)32/h8-10,13-17,19-20,24H,4-7,11-12,18H2,1-3H3/b33-31-. The molecule has 196 valence electrons. The van der Waals surface area contributed by atoms with Gasteiger partial charge in [0.25, 0.3) is 5.69 Å². The molecule has 2 aliphatic rings. The summed E-state index contributed by atoms with van der Waals surface area (Å²) >= 11 is 0. The second kappa shape index (κ2) is 10.5. The highest BCUT2D eigenvalue weighted by atomic mass is 16.7. The molecular weight excluding hydrogens is 476 g/mol. The number of hydrogen-bond donors (Lipinski definition) is 0. The lowest BCUT2D eigenvalue weighted by Crippen LogP contribution is -2.36. The zero-order chi connectivity index (χ0) is 26.9. The van der Waals surface area contributed by atoms with Gasteiger partial charge in [0.2, 0.25) is 0 Å². The molecule has 1 unspecified atom stereocenters. The highest BCUT2D eigenvalue weighted by Crippen LogP contribution is 2.58. The number of hydrogen-bond acceptors (Lipinski definition) is 5. The molecule has 6 nitrogen and oxygen atoms in total. The van der Waals surface area contributed by atoms with Crippen molar-refractivity contribution >= 4 is 17.4 Å². The molecule has 0 N–H and O–H groups in total. The Bertz CT molecular complexity index is 1420. The molecule has 5 rings (SSSR count). The minimum absolute atomic E-state index is 0.144. The van der Waals surface area contributed by atoms with Gasteiger partial charge in [-0.15, -0.1) is 0 Å². The molecule has 1 saturated carbocycles. The lowest BCUT2D eigenvalue weighted by atomic mass is 9.61. The van der Waals surface area contributed by atoms with Crippen molar-refractivity contribution in [2.45, 2.75) is 71.1 Å². The fraction of sp³-hybridized carbons (Fsp3) is 0.375. The quantitative estimate of drug-likeness (QED) is 0.140. The first-order valence-corrected chi connectivity index (χ1v) is 13.6. The first-order chi connectivity index (χ1) is 18.4. The summed E-state index contributed by atoms with van der Waals surface area (Å²) in [4.78, 5) is 28.5. The average molecular weight is 511 g/mol. The third kappa shape index (κ3) is 4.42. The lowest BCUT2D eigenvalue weighted by molar-refractivity contribution is -0.384. The van der Waals surface area contributed by atoms with E-state index in [0.717, 1.165) is 59.1 Å². The van der Waals surface area contributed by atoms with Crippen LogP contribution in [-0.4, -0.2) is 16.6 Å². The maximum absolute atomic E-state index is 11.8. The van der Waals surface area contributed by atoms with E-state index in [-0.39, 0.29) is 16.0 Å². The summed E-state index contributed by atoms with van der Waals surface area (Å²) in [7, 11) is 0. The van der Waals surface area contributed by atoms with Crippen molar-refractivity contribution < 1.29 is 14.6 Å². The van der Waals surface area contributed by atoms with E-state index in [1.807, 2.05) is 49.4 Å². The lowest BCUT2D eigenvalue weighted by Gasteiger charge is -2.42. The van der Waals surface area contributed by atoms with Crippen LogP contribution in [0, 0.1) is 23.0 Å². The number of non-ortho nitro benzene ring substituents is 1. The number of fused-ring (bicyclic) bond motifs is 3. The third-order valence-electron chi connectivity index (χ3n) is 8.37. The summed E-state index contributed by atoms with van der Waals surface area (Å²) < 4.78 is 0. The Hall–Kier alpha value is -3.80. The summed E-state index contributed by atoms with van der Waals surface area (Å²) in [5.74, 6) is -0.0692. The molecule has 0 saturated heterocycles. The Morgan fingerprint density at radius 1 is 1.03 bits per heavy atom. The number of oxime groups is 1. The predicted octanol–water partition coefficient (Wildman–Crippen LogP) is 7.87. The van der Waals surface area contributed by atoms with Crippen molar-refractivity contribution in [3.05, 3.63) is 98.6 Å². The average Bonchev–Trinajstić information content (AvgIpc) is 3.19. The molecule has 0 aliphatic heterocycles. The molecule has 3 aromatic carbocycles. The normalized spacial score (nSPS) is 19.1. The van der Waals surface area contributed by atoms with E-state index < -0.39 is 5.97 Å². The summed E-state index contributed by atoms with van der Waals surface area (Å²) in [5, 5.41) is 16.1. The van der Waals surface area contributed by atoms with Crippen molar-refractivity contribution in [2.75, 3.05) is 0 Å². The fourth-order valence-electron chi connectivity index (χ4n) is 6.80. The number of benzene rings is 3. The maximum Gasteiger partial charge on any atom is 0.332 e. The molecule has 38 heavy (non-hydrogen) atoms. The molecule has 6 heteroatoms. The Kier molecular flexibility index (Phi) is 7.15. The van der Waals surface area contributed by atoms with Crippen LogP contribution in [0.4, 0.5) is 5.69 Å². The van der Waals surface area contributed by atoms with Gasteiger partial charge in [0.05, 0.1) is 4.92 Å². The van der Waals surface area contributed by atoms with Crippen molar-refractivity contribution in [2.24, 2.45) is 11.1 Å². The van der Waals surface area contributed by atoms with Gasteiger partial charge in [0, 0.05) is 35.6 Å². The topological polar surface area (TPSA) is 81.8 Å². The molecule has 1 fully saturated rings. The highest BCUT2D eigenvalue weighted by Gasteiger charge is 2.48. The summed E-state index contributed by atoms with van der Waals surface area (Å²) in [6.45, 7) is 5.56.